The van der Waals surface area contributed by atoms with Crippen molar-refractivity contribution >= 4 is 22.6 Å². The highest BCUT2D eigenvalue weighted by molar-refractivity contribution is 6.12. The van der Waals surface area contributed by atoms with Crippen LogP contribution in [0.4, 0.5) is 10.1 Å². The number of carbonyl (C=O) groups is 1. The number of aromatic nitrogens is 2. The highest BCUT2D eigenvalue weighted by Crippen LogP contribution is 2.42. The first-order chi connectivity index (χ1) is 13.7. The normalized spacial score (nSPS) is 15.9. The third kappa shape index (κ3) is 2.38. The summed E-state index contributed by atoms with van der Waals surface area (Å²) < 4.78 is 19.5. The Morgan fingerprint density at radius 3 is 2.79 bits per heavy atom. The molecule has 0 saturated heterocycles. The molecule has 0 fully saturated rings. The zero-order chi connectivity index (χ0) is 19.3. The van der Waals surface area contributed by atoms with Crippen LogP contribution in [0.15, 0.2) is 67.0 Å². The van der Waals surface area contributed by atoms with Gasteiger partial charge in [-0.3, -0.25) is 9.69 Å². The molecule has 0 bridgehead atoms. The number of methoxy groups -OCH3 is 1. The summed E-state index contributed by atoms with van der Waals surface area (Å²) in [6, 6.07) is 17.4. The van der Waals surface area contributed by atoms with E-state index in [0.29, 0.717) is 11.1 Å². The Balaban J connectivity index is 1.70. The minimum atomic E-state index is -0.458. The Morgan fingerprint density at radius 1 is 1.11 bits per heavy atom. The van der Waals surface area contributed by atoms with Crippen molar-refractivity contribution in [3.05, 3.63) is 89.5 Å². The molecular weight excluding hydrogens is 357 g/mol. The Labute approximate surface area is 160 Å². The van der Waals surface area contributed by atoms with Crippen LogP contribution in [0, 0.1) is 5.82 Å². The molecule has 6 heteroatoms. The number of amides is 1. The average Bonchev–Trinajstić information content (AvgIpc) is 3.30. The fraction of sp³-hybridized carbons (Fsp3) is 0.0909. The van der Waals surface area contributed by atoms with E-state index in [1.807, 2.05) is 36.4 Å². The lowest BCUT2D eigenvalue weighted by molar-refractivity contribution is 0.0993. The summed E-state index contributed by atoms with van der Waals surface area (Å²) in [4.78, 5) is 22.2. The van der Waals surface area contributed by atoms with Gasteiger partial charge >= 0.3 is 0 Å². The number of rotatable bonds is 3. The van der Waals surface area contributed by atoms with E-state index in [0.717, 1.165) is 22.3 Å². The number of fused-ring (bicyclic) bond motifs is 2. The summed E-state index contributed by atoms with van der Waals surface area (Å²) in [5.41, 5.74) is 4.52. The molecule has 5 rings (SSSR count). The third-order valence-corrected chi connectivity index (χ3v) is 5.14. The Kier molecular flexibility index (Phi) is 3.65. The van der Waals surface area contributed by atoms with Crippen molar-refractivity contribution < 1.29 is 13.9 Å². The molecule has 1 aliphatic heterocycles. The van der Waals surface area contributed by atoms with Crippen molar-refractivity contribution in [1.29, 1.82) is 0 Å². The van der Waals surface area contributed by atoms with Gasteiger partial charge in [-0.05, 0) is 47.5 Å². The second-order valence-corrected chi connectivity index (χ2v) is 6.66. The second-order valence-electron chi connectivity index (χ2n) is 6.66. The summed E-state index contributed by atoms with van der Waals surface area (Å²) in [7, 11) is 1.43. The largest absolute Gasteiger partial charge is 0.494 e. The van der Waals surface area contributed by atoms with Gasteiger partial charge in [0.25, 0.3) is 5.91 Å². The number of hydrogen-bond acceptors (Lipinski definition) is 3. The van der Waals surface area contributed by atoms with Crippen LogP contribution in [0.2, 0.25) is 0 Å². The lowest BCUT2D eigenvalue weighted by Gasteiger charge is -2.26. The van der Waals surface area contributed by atoms with Crippen molar-refractivity contribution in [3.63, 3.8) is 0 Å². The molecule has 1 N–H and O–H groups in total. The SMILES string of the molecule is COc1ccc(C2c3ccccc3C(=O)N2c2ccc3nc[nH]c3c2)cc1F. The van der Waals surface area contributed by atoms with Crippen LogP contribution in [0.5, 0.6) is 5.75 Å². The van der Waals surface area contributed by atoms with Crippen molar-refractivity contribution in [2.75, 3.05) is 12.0 Å². The van der Waals surface area contributed by atoms with Crippen molar-refractivity contribution in [2.24, 2.45) is 0 Å². The van der Waals surface area contributed by atoms with Crippen LogP contribution in [-0.4, -0.2) is 23.0 Å². The number of ether oxygens (including phenoxy) is 1. The number of carbonyl (C=O) groups excluding carboxylic acids is 1. The van der Waals surface area contributed by atoms with Crippen LogP contribution in [0.25, 0.3) is 11.0 Å². The molecular formula is C22H16FN3O2. The second kappa shape index (κ2) is 6.20. The van der Waals surface area contributed by atoms with E-state index in [1.165, 1.54) is 13.2 Å². The summed E-state index contributed by atoms with van der Waals surface area (Å²) >= 11 is 0. The van der Waals surface area contributed by atoms with Crippen LogP contribution >= 0.6 is 0 Å². The Morgan fingerprint density at radius 2 is 1.96 bits per heavy atom. The van der Waals surface area contributed by atoms with Gasteiger partial charge in [0, 0.05) is 11.3 Å². The van der Waals surface area contributed by atoms with Crippen molar-refractivity contribution in [3.8, 4) is 5.75 Å². The number of hydrogen-bond donors (Lipinski definition) is 1. The first-order valence-corrected chi connectivity index (χ1v) is 8.86. The molecule has 0 aliphatic carbocycles. The molecule has 1 unspecified atom stereocenters. The van der Waals surface area contributed by atoms with E-state index in [4.69, 9.17) is 4.74 Å². The lowest BCUT2D eigenvalue weighted by Crippen LogP contribution is -2.28. The molecule has 28 heavy (non-hydrogen) atoms. The number of anilines is 1. The van der Waals surface area contributed by atoms with E-state index in [2.05, 4.69) is 9.97 Å². The predicted octanol–water partition coefficient (Wildman–Crippen LogP) is 4.46. The van der Waals surface area contributed by atoms with E-state index in [-0.39, 0.29) is 11.7 Å². The average molecular weight is 373 g/mol. The Hall–Kier alpha value is -3.67. The lowest BCUT2D eigenvalue weighted by atomic mass is 9.97. The number of H-pyrrole nitrogens is 1. The molecule has 0 radical (unpaired) electrons. The summed E-state index contributed by atoms with van der Waals surface area (Å²) in [6.45, 7) is 0. The number of benzene rings is 3. The molecule has 1 aromatic heterocycles. The van der Waals surface area contributed by atoms with Gasteiger partial charge in [-0.25, -0.2) is 9.37 Å². The van der Waals surface area contributed by atoms with Gasteiger partial charge < -0.3 is 9.72 Å². The molecule has 3 aromatic carbocycles. The molecule has 0 spiro atoms. The van der Waals surface area contributed by atoms with Crippen molar-refractivity contribution in [2.45, 2.75) is 6.04 Å². The number of imidazole rings is 1. The molecule has 2 heterocycles. The van der Waals surface area contributed by atoms with Gasteiger partial charge in [-0.2, -0.15) is 0 Å². The van der Waals surface area contributed by atoms with Crippen LogP contribution in [-0.2, 0) is 0 Å². The molecule has 5 nitrogen and oxygen atoms in total. The molecule has 138 valence electrons. The van der Waals surface area contributed by atoms with E-state index in [1.54, 1.807) is 29.4 Å². The number of nitrogens with zero attached hydrogens (tertiary/aromatic N) is 2. The number of aromatic amines is 1. The molecule has 0 saturated carbocycles. The summed E-state index contributed by atoms with van der Waals surface area (Å²) in [6.07, 6.45) is 1.62. The number of nitrogens with one attached hydrogen (secondary N) is 1. The quantitative estimate of drug-likeness (QED) is 0.577. The minimum absolute atomic E-state index is 0.115. The monoisotopic (exact) mass is 373 g/mol. The standard InChI is InChI=1S/C22H16FN3O2/c1-28-20-9-6-13(10-17(20)23)21-15-4-2-3-5-16(15)22(27)26(21)14-7-8-18-19(11-14)25-12-24-18/h2-12,21H,1H3,(H,24,25). The smallest absolute Gasteiger partial charge is 0.259 e. The highest BCUT2D eigenvalue weighted by Gasteiger charge is 2.38. The first kappa shape index (κ1) is 16.5. The van der Waals surface area contributed by atoms with Crippen LogP contribution in [0.3, 0.4) is 0 Å². The maximum atomic E-state index is 14.4. The predicted molar refractivity (Wildman–Crippen MR) is 104 cm³/mol. The van der Waals surface area contributed by atoms with E-state index >= 15 is 0 Å². The van der Waals surface area contributed by atoms with Gasteiger partial charge in [-0.15, -0.1) is 0 Å². The molecule has 1 aliphatic rings. The summed E-state index contributed by atoms with van der Waals surface area (Å²) in [5, 5.41) is 0. The molecule has 1 amide bonds. The van der Waals surface area contributed by atoms with Crippen molar-refractivity contribution in [1.82, 2.24) is 9.97 Å². The van der Waals surface area contributed by atoms with E-state index in [9.17, 15) is 9.18 Å². The fourth-order valence-electron chi connectivity index (χ4n) is 3.84. The topological polar surface area (TPSA) is 58.2 Å². The highest BCUT2D eigenvalue weighted by atomic mass is 19.1. The Bertz CT molecular complexity index is 1220. The van der Waals surface area contributed by atoms with Gasteiger partial charge in [-0.1, -0.05) is 24.3 Å². The van der Waals surface area contributed by atoms with E-state index < -0.39 is 11.9 Å². The van der Waals surface area contributed by atoms with Gasteiger partial charge in [0.2, 0.25) is 0 Å². The number of halogens is 1. The van der Waals surface area contributed by atoms with Gasteiger partial charge in [0.05, 0.1) is 30.5 Å². The molecule has 1 atom stereocenters. The fourth-order valence-corrected chi connectivity index (χ4v) is 3.84. The molecule has 4 aromatic rings. The van der Waals surface area contributed by atoms with Crippen LogP contribution < -0.4 is 9.64 Å². The maximum Gasteiger partial charge on any atom is 0.259 e. The zero-order valence-corrected chi connectivity index (χ0v) is 15.0. The zero-order valence-electron chi connectivity index (χ0n) is 15.0. The van der Waals surface area contributed by atoms with Gasteiger partial charge in [0.1, 0.15) is 0 Å². The maximum absolute atomic E-state index is 14.4. The van der Waals surface area contributed by atoms with Crippen LogP contribution in [0.1, 0.15) is 27.5 Å². The van der Waals surface area contributed by atoms with Gasteiger partial charge in [0.15, 0.2) is 11.6 Å². The first-order valence-electron chi connectivity index (χ1n) is 8.86. The minimum Gasteiger partial charge on any atom is -0.494 e. The summed E-state index contributed by atoms with van der Waals surface area (Å²) in [5.74, 6) is -0.400. The third-order valence-electron chi connectivity index (χ3n) is 5.14.